The SMILES string of the molecule is CCn1c(=O)n(CC(=O)c2ccccc2)c2c(C(N)=O)nc(-c3ccc(C)o3)nc21. The van der Waals surface area contributed by atoms with Gasteiger partial charge in [0.25, 0.3) is 5.91 Å². The second kappa shape index (κ2) is 7.43. The standard InChI is InChI=1S/C21H19N5O4/c1-3-25-20-17(26(21(25)29)11-14(27)13-7-5-4-6-8-13)16(18(22)28)23-19(24-20)15-10-9-12(2)30-15/h4-10H,3,11H2,1-2H3,(H2,22,28). The molecule has 0 atom stereocenters. The summed E-state index contributed by atoms with van der Waals surface area (Å²) >= 11 is 0. The Kier molecular flexibility index (Phi) is 4.78. The van der Waals surface area contributed by atoms with Gasteiger partial charge in [0.2, 0.25) is 0 Å². The number of amides is 1. The number of rotatable bonds is 6. The maximum absolute atomic E-state index is 13.0. The first-order chi connectivity index (χ1) is 14.4. The van der Waals surface area contributed by atoms with E-state index in [0.29, 0.717) is 17.1 Å². The number of imidazole rings is 1. The zero-order chi connectivity index (χ0) is 21.4. The molecule has 4 rings (SSSR count). The van der Waals surface area contributed by atoms with E-state index in [1.165, 1.54) is 9.13 Å². The van der Waals surface area contributed by atoms with Crippen LogP contribution >= 0.6 is 0 Å². The van der Waals surface area contributed by atoms with E-state index >= 15 is 0 Å². The molecule has 1 aromatic carbocycles. The zero-order valence-electron chi connectivity index (χ0n) is 16.5. The lowest BCUT2D eigenvalue weighted by Gasteiger charge is -2.06. The van der Waals surface area contributed by atoms with E-state index in [1.54, 1.807) is 56.3 Å². The lowest BCUT2D eigenvalue weighted by molar-refractivity contribution is 0.0966. The van der Waals surface area contributed by atoms with Crippen molar-refractivity contribution < 1.29 is 14.0 Å². The maximum Gasteiger partial charge on any atom is 0.330 e. The molecule has 0 aliphatic carbocycles. The largest absolute Gasteiger partial charge is 0.458 e. The monoisotopic (exact) mass is 405 g/mol. The fraction of sp³-hybridized carbons (Fsp3) is 0.190. The number of carbonyl (C=O) groups is 2. The first-order valence-electron chi connectivity index (χ1n) is 9.36. The molecule has 0 bridgehead atoms. The molecule has 0 saturated carbocycles. The first kappa shape index (κ1) is 19.3. The molecule has 152 valence electrons. The van der Waals surface area contributed by atoms with Gasteiger partial charge in [-0.15, -0.1) is 0 Å². The highest BCUT2D eigenvalue weighted by molar-refractivity contribution is 6.03. The number of aryl methyl sites for hydroxylation is 2. The first-order valence-corrected chi connectivity index (χ1v) is 9.36. The van der Waals surface area contributed by atoms with Gasteiger partial charge in [-0.05, 0) is 26.0 Å². The predicted octanol–water partition coefficient (Wildman–Crippen LogP) is 2.16. The summed E-state index contributed by atoms with van der Waals surface area (Å²) in [5.74, 6) is 0.0154. The van der Waals surface area contributed by atoms with Crippen LogP contribution in [0.5, 0.6) is 0 Å². The molecule has 0 aliphatic rings. The summed E-state index contributed by atoms with van der Waals surface area (Å²) in [4.78, 5) is 46.7. The molecule has 30 heavy (non-hydrogen) atoms. The molecule has 9 nitrogen and oxygen atoms in total. The summed E-state index contributed by atoms with van der Waals surface area (Å²) in [7, 11) is 0. The van der Waals surface area contributed by atoms with E-state index < -0.39 is 11.6 Å². The molecule has 2 N–H and O–H groups in total. The fourth-order valence-corrected chi connectivity index (χ4v) is 3.34. The number of Topliss-reactive ketones (excluding diaryl/α,β-unsaturated/α-hetero) is 1. The maximum atomic E-state index is 13.0. The second-order valence-corrected chi connectivity index (χ2v) is 6.74. The Balaban J connectivity index is 1.95. The van der Waals surface area contributed by atoms with Gasteiger partial charge in [-0.3, -0.25) is 18.7 Å². The molecule has 0 fully saturated rings. The Bertz CT molecular complexity index is 1330. The number of fused-ring (bicyclic) bond motifs is 1. The van der Waals surface area contributed by atoms with E-state index in [-0.39, 0.29) is 41.6 Å². The van der Waals surface area contributed by atoms with Crippen LogP contribution in [0.3, 0.4) is 0 Å². The van der Waals surface area contributed by atoms with Crippen LogP contribution in [0.1, 0.15) is 33.5 Å². The molecule has 3 aromatic heterocycles. The van der Waals surface area contributed by atoms with Gasteiger partial charge in [0.15, 0.2) is 28.7 Å². The van der Waals surface area contributed by atoms with Crippen molar-refractivity contribution in [1.29, 1.82) is 0 Å². The van der Waals surface area contributed by atoms with Gasteiger partial charge in [0, 0.05) is 12.1 Å². The smallest absolute Gasteiger partial charge is 0.330 e. The highest BCUT2D eigenvalue weighted by Crippen LogP contribution is 2.23. The Morgan fingerprint density at radius 3 is 2.40 bits per heavy atom. The van der Waals surface area contributed by atoms with Crippen LogP contribution in [0.4, 0.5) is 0 Å². The molecule has 0 spiro atoms. The number of hydrogen-bond acceptors (Lipinski definition) is 6. The Morgan fingerprint density at radius 1 is 1.07 bits per heavy atom. The number of primary amides is 1. The number of furan rings is 1. The normalized spacial score (nSPS) is 11.1. The van der Waals surface area contributed by atoms with Gasteiger partial charge in [-0.2, -0.15) is 0 Å². The molecule has 0 saturated heterocycles. The van der Waals surface area contributed by atoms with Crippen molar-refractivity contribution in [1.82, 2.24) is 19.1 Å². The van der Waals surface area contributed by atoms with Crippen LogP contribution in [-0.2, 0) is 13.1 Å². The summed E-state index contributed by atoms with van der Waals surface area (Å²) in [6.45, 7) is 3.56. The number of benzene rings is 1. The van der Waals surface area contributed by atoms with Gasteiger partial charge >= 0.3 is 5.69 Å². The lowest BCUT2D eigenvalue weighted by Crippen LogP contribution is -2.27. The number of nitrogens with zero attached hydrogens (tertiary/aromatic N) is 4. The van der Waals surface area contributed by atoms with Crippen molar-refractivity contribution >= 4 is 22.9 Å². The van der Waals surface area contributed by atoms with Gasteiger partial charge in [0.1, 0.15) is 11.3 Å². The van der Waals surface area contributed by atoms with E-state index in [0.717, 1.165) is 0 Å². The summed E-state index contributed by atoms with van der Waals surface area (Å²) in [5.41, 5.74) is 5.76. The fourth-order valence-electron chi connectivity index (χ4n) is 3.34. The Morgan fingerprint density at radius 2 is 1.80 bits per heavy atom. The molecule has 3 heterocycles. The third-order valence-electron chi connectivity index (χ3n) is 4.76. The van der Waals surface area contributed by atoms with Crippen molar-refractivity contribution in [2.24, 2.45) is 5.73 Å². The van der Waals surface area contributed by atoms with Gasteiger partial charge in [-0.25, -0.2) is 14.8 Å². The lowest BCUT2D eigenvalue weighted by atomic mass is 10.1. The van der Waals surface area contributed by atoms with Crippen LogP contribution in [0.15, 0.2) is 51.7 Å². The third kappa shape index (κ3) is 3.20. The molecule has 4 aromatic rings. The summed E-state index contributed by atoms with van der Waals surface area (Å²) in [5, 5.41) is 0. The molecular formula is C21H19N5O4. The van der Waals surface area contributed by atoms with E-state index in [2.05, 4.69) is 9.97 Å². The number of carbonyl (C=O) groups excluding carboxylic acids is 2. The number of hydrogen-bond donors (Lipinski definition) is 1. The second-order valence-electron chi connectivity index (χ2n) is 6.74. The Labute approximate surface area is 170 Å². The topological polar surface area (TPSA) is 126 Å². The van der Waals surface area contributed by atoms with E-state index in [1.807, 2.05) is 0 Å². The van der Waals surface area contributed by atoms with Crippen LogP contribution in [0, 0.1) is 6.92 Å². The zero-order valence-corrected chi connectivity index (χ0v) is 16.5. The summed E-state index contributed by atoms with van der Waals surface area (Å²) < 4.78 is 8.14. The number of nitrogens with two attached hydrogens (primary N) is 1. The van der Waals surface area contributed by atoms with Gasteiger partial charge in [-0.1, -0.05) is 30.3 Å². The van der Waals surface area contributed by atoms with E-state index in [9.17, 15) is 14.4 Å². The molecule has 0 unspecified atom stereocenters. The minimum Gasteiger partial charge on any atom is -0.458 e. The number of aromatic nitrogens is 4. The van der Waals surface area contributed by atoms with Crippen molar-refractivity contribution in [3.63, 3.8) is 0 Å². The van der Waals surface area contributed by atoms with Crippen LogP contribution < -0.4 is 11.4 Å². The quantitative estimate of drug-likeness (QED) is 0.490. The molecule has 9 heteroatoms. The van der Waals surface area contributed by atoms with Crippen LogP contribution in [-0.4, -0.2) is 30.8 Å². The van der Waals surface area contributed by atoms with Crippen molar-refractivity contribution in [3.05, 3.63) is 70.0 Å². The van der Waals surface area contributed by atoms with Gasteiger partial charge in [0.05, 0.1) is 6.54 Å². The molecular weight excluding hydrogens is 386 g/mol. The van der Waals surface area contributed by atoms with Crippen molar-refractivity contribution in [2.75, 3.05) is 0 Å². The number of ketones is 1. The van der Waals surface area contributed by atoms with Crippen LogP contribution in [0.25, 0.3) is 22.7 Å². The van der Waals surface area contributed by atoms with Crippen LogP contribution in [0.2, 0.25) is 0 Å². The highest BCUT2D eigenvalue weighted by Gasteiger charge is 2.25. The third-order valence-corrected chi connectivity index (χ3v) is 4.76. The Hall–Kier alpha value is -4.01. The molecule has 0 radical (unpaired) electrons. The summed E-state index contributed by atoms with van der Waals surface area (Å²) in [6, 6.07) is 12.0. The average molecular weight is 405 g/mol. The average Bonchev–Trinajstić information content (AvgIpc) is 3.29. The molecule has 0 aliphatic heterocycles. The van der Waals surface area contributed by atoms with Crippen molar-refractivity contribution in [2.45, 2.75) is 26.9 Å². The highest BCUT2D eigenvalue weighted by atomic mass is 16.3. The predicted molar refractivity (Wildman–Crippen MR) is 109 cm³/mol. The van der Waals surface area contributed by atoms with E-state index in [4.69, 9.17) is 10.2 Å². The van der Waals surface area contributed by atoms with Crippen molar-refractivity contribution in [3.8, 4) is 11.6 Å². The van der Waals surface area contributed by atoms with Gasteiger partial charge < -0.3 is 10.2 Å². The minimum atomic E-state index is -0.832. The molecule has 1 amide bonds. The summed E-state index contributed by atoms with van der Waals surface area (Å²) in [6.07, 6.45) is 0. The minimum absolute atomic E-state index is 0.130.